The third kappa shape index (κ3) is 5.14. The van der Waals surface area contributed by atoms with Crippen molar-refractivity contribution in [2.45, 2.75) is 38.8 Å². The fourth-order valence-corrected chi connectivity index (χ4v) is 2.48. The third-order valence-corrected chi connectivity index (χ3v) is 3.68. The minimum Gasteiger partial charge on any atom is -0.444 e. The summed E-state index contributed by atoms with van der Waals surface area (Å²) in [6, 6.07) is 5.92. The monoisotopic (exact) mass is 325 g/mol. The van der Waals surface area contributed by atoms with Gasteiger partial charge in [-0.1, -0.05) is 6.07 Å². The molecule has 122 valence electrons. The first-order valence-electron chi connectivity index (χ1n) is 7.58. The molecule has 0 saturated carbocycles. The van der Waals surface area contributed by atoms with Gasteiger partial charge < -0.3 is 9.64 Å². The minimum absolute atomic E-state index is 0.227. The molecule has 1 amide bonds. The van der Waals surface area contributed by atoms with Crippen LogP contribution in [0.25, 0.3) is 0 Å². The number of hydrogen-bond acceptors (Lipinski definition) is 4. The summed E-state index contributed by atoms with van der Waals surface area (Å²) in [7, 11) is 0. The lowest BCUT2D eigenvalue weighted by atomic mass is 10.2. The first kappa shape index (κ1) is 17.0. The van der Waals surface area contributed by atoms with E-state index in [4.69, 9.17) is 16.3 Å². The van der Waals surface area contributed by atoms with Gasteiger partial charge in [0.05, 0.1) is 17.3 Å². The number of pyridine rings is 1. The Morgan fingerprint density at radius 2 is 1.86 bits per heavy atom. The highest BCUT2D eigenvalue weighted by Gasteiger charge is 2.25. The van der Waals surface area contributed by atoms with Crippen LogP contribution in [-0.2, 0) is 17.2 Å². The molecular formula is C16H24ClN3O2. The second kappa shape index (κ2) is 7.29. The normalized spacial score (nSPS) is 16.6. The van der Waals surface area contributed by atoms with E-state index in [1.54, 1.807) is 4.90 Å². The van der Waals surface area contributed by atoms with Crippen molar-refractivity contribution in [3.8, 4) is 0 Å². The molecular weight excluding hydrogens is 302 g/mol. The van der Waals surface area contributed by atoms with E-state index >= 15 is 0 Å². The maximum absolute atomic E-state index is 12.0. The quantitative estimate of drug-likeness (QED) is 0.802. The van der Waals surface area contributed by atoms with Gasteiger partial charge >= 0.3 is 6.09 Å². The number of carbonyl (C=O) groups excluding carboxylic acids is 1. The number of halogens is 1. The van der Waals surface area contributed by atoms with Crippen LogP contribution < -0.4 is 0 Å². The van der Waals surface area contributed by atoms with Crippen LogP contribution in [0, 0.1) is 0 Å². The van der Waals surface area contributed by atoms with Crippen LogP contribution in [0.4, 0.5) is 4.79 Å². The van der Waals surface area contributed by atoms with Crippen LogP contribution in [0.15, 0.2) is 18.2 Å². The number of carbonyl (C=O) groups is 1. The van der Waals surface area contributed by atoms with E-state index in [1.807, 2.05) is 39.0 Å². The molecule has 1 aliphatic rings. The Morgan fingerprint density at radius 1 is 1.23 bits per heavy atom. The molecule has 0 bridgehead atoms. The van der Waals surface area contributed by atoms with Gasteiger partial charge in [0.15, 0.2) is 0 Å². The van der Waals surface area contributed by atoms with Crippen molar-refractivity contribution < 1.29 is 9.53 Å². The number of hydrogen-bond donors (Lipinski definition) is 0. The van der Waals surface area contributed by atoms with E-state index < -0.39 is 5.60 Å². The number of rotatable bonds is 3. The summed E-state index contributed by atoms with van der Waals surface area (Å²) in [5.41, 5.74) is 1.47. The Kier molecular flexibility index (Phi) is 5.64. The molecule has 0 aliphatic carbocycles. The zero-order valence-corrected chi connectivity index (χ0v) is 14.3. The Hall–Kier alpha value is -1.33. The van der Waals surface area contributed by atoms with Crippen molar-refractivity contribution in [2.75, 3.05) is 26.2 Å². The first-order valence-corrected chi connectivity index (χ1v) is 8.12. The lowest BCUT2D eigenvalue weighted by Gasteiger charge is -2.35. The second-order valence-electron chi connectivity index (χ2n) is 6.50. The van der Waals surface area contributed by atoms with Crippen molar-refractivity contribution in [3.63, 3.8) is 0 Å². The minimum atomic E-state index is -0.444. The molecule has 0 unspecified atom stereocenters. The van der Waals surface area contributed by atoms with Gasteiger partial charge in [-0.25, -0.2) is 4.79 Å². The van der Waals surface area contributed by atoms with Gasteiger partial charge in [-0.3, -0.25) is 9.88 Å². The van der Waals surface area contributed by atoms with Crippen LogP contribution >= 0.6 is 11.6 Å². The standard InChI is InChI=1S/C16H24ClN3O2/c1-16(2,3)22-15(21)20-9-7-19(8-10-20)12-14-6-4-5-13(11-17)18-14/h4-6H,7-12H2,1-3H3. The van der Waals surface area contributed by atoms with Gasteiger partial charge in [-0.15, -0.1) is 11.6 Å². The van der Waals surface area contributed by atoms with Crippen LogP contribution in [0.1, 0.15) is 32.2 Å². The average Bonchev–Trinajstić information content (AvgIpc) is 2.46. The molecule has 6 heteroatoms. The van der Waals surface area contributed by atoms with Crippen LogP contribution in [0.3, 0.4) is 0 Å². The molecule has 0 radical (unpaired) electrons. The van der Waals surface area contributed by atoms with E-state index in [2.05, 4.69) is 9.88 Å². The number of piperazine rings is 1. The zero-order chi connectivity index (χ0) is 16.2. The highest BCUT2D eigenvalue weighted by atomic mass is 35.5. The number of nitrogens with zero attached hydrogens (tertiary/aromatic N) is 3. The van der Waals surface area contributed by atoms with Gasteiger partial charge in [-0.2, -0.15) is 0 Å². The zero-order valence-electron chi connectivity index (χ0n) is 13.5. The molecule has 1 fully saturated rings. The maximum Gasteiger partial charge on any atom is 0.410 e. The molecule has 0 N–H and O–H groups in total. The van der Waals surface area contributed by atoms with Crippen molar-refractivity contribution in [1.82, 2.24) is 14.8 Å². The average molecular weight is 326 g/mol. The van der Waals surface area contributed by atoms with Gasteiger partial charge in [0.2, 0.25) is 0 Å². The highest BCUT2D eigenvalue weighted by Crippen LogP contribution is 2.13. The summed E-state index contributed by atoms with van der Waals surface area (Å²) in [6.45, 7) is 9.46. The lowest BCUT2D eigenvalue weighted by Crippen LogP contribution is -2.49. The van der Waals surface area contributed by atoms with Crippen molar-refractivity contribution in [1.29, 1.82) is 0 Å². The molecule has 0 spiro atoms. The molecule has 22 heavy (non-hydrogen) atoms. The summed E-state index contributed by atoms with van der Waals surface area (Å²) in [6.07, 6.45) is -0.227. The molecule has 0 atom stereocenters. The van der Waals surface area contributed by atoms with Gasteiger partial charge in [0.25, 0.3) is 0 Å². The fraction of sp³-hybridized carbons (Fsp3) is 0.625. The summed E-state index contributed by atoms with van der Waals surface area (Å²) in [4.78, 5) is 20.6. The van der Waals surface area contributed by atoms with Crippen LogP contribution in [-0.4, -0.2) is 52.7 Å². The molecule has 1 aromatic heterocycles. The summed E-state index contributed by atoms with van der Waals surface area (Å²) >= 11 is 5.81. The van der Waals surface area contributed by atoms with Crippen molar-refractivity contribution >= 4 is 17.7 Å². The predicted octanol–water partition coefficient (Wildman–Crippen LogP) is 2.87. The number of alkyl halides is 1. The molecule has 0 aromatic carbocycles. The molecule has 1 aromatic rings. The van der Waals surface area contributed by atoms with E-state index in [9.17, 15) is 4.79 Å². The van der Waals surface area contributed by atoms with Crippen LogP contribution in [0.5, 0.6) is 0 Å². The van der Waals surface area contributed by atoms with Gasteiger partial charge in [0.1, 0.15) is 5.60 Å². The molecule has 2 rings (SSSR count). The second-order valence-corrected chi connectivity index (χ2v) is 6.76. The maximum atomic E-state index is 12.0. The topological polar surface area (TPSA) is 45.7 Å². The lowest BCUT2D eigenvalue weighted by molar-refractivity contribution is 0.0138. The van der Waals surface area contributed by atoms with E-state index in [-0.39, 0.29) is 6.09 Å². The first-order chi connectivity index (χ1) is 10.4. The Bertz CT molecular complexity index is 508. The molecule has 5 nitrogen and oxygen atoms in total. The van der Waals surface area contributed by atoms with Crippen molar-refractivity contribution in [3.05, 3.63) is 29.6 Å². The number of aromatic nitrogens is 1. The molecule has 2 heterocycles. The summed E-state index contributed by atoms with van der Waals surface area (Å²) < 4.78 is 5.40. The van der Waals surface area contributed by atoms with Gasteiger partial charge in [-0.05, 0) is 32.9 Å². The SMILES string of the molecule is CC(C)(C)OC(=O)N1CCN(Cc2cccc(CCl)n2)CC1. The van der Waals surface area contributed by atoms with E-state index in [0.717, 1.165) is 31.0 Å². The largest absolute Gasteiger partial charge is 0.444 e. The Balaban J connectivity index is 1.83. The Morgan fingerprint density at radius 3 is 2.45 bits per heavy atom. The fourth-order valence-electron chi connectivity index (χ4n) is 2.34. The predicted molar refractivity (Wildman–Crippen MR) is 86.9 cm³/mol. The van der Waals surface area contributed by atoms with Crippen LogP contribution in [0.2, 0.25) is 0 Å². The summed E-state index contributed by atoms with van der Waals surface area (Å²) in [5.74, 6) is 0.431. The third-order valence-electron chi connectivity index (χ3n) is 3.41. The van der Waals surface area contributed by atoms with Crippen molar-refractivity contribution in [2.24, 2.45) is 0 Å². The Labute approximate surface area is 137 Å². The highest BCUT2D eigenvalue weighted by molar-refractivity contribution is 6.16. The number of ether oxygens (including phenoxy) is 1. The molecule has 1 saturated heterocycles. The number of amides is 1. The van der Waals surface area contributed by atoms with Gasteiger partial charge in [0, 0.05) is 32.7 Å². The smallest absolute Gasteiger partial charge is 0.410 e. The van der Waals surface area contributed by atoms with E-state index in [0.29, 0.717) is 19.0 Å². The molecule has 1 aliphatic heterocycles. The summed E-state index contributed by atoms with van der Waals surface area (Å²) in [5, 5.41) is 0. The van der Waals surface area contributed by atoms with E-state index in [1.165, 1.54) is 0 Å².